The summed E-state index contributed by atoms with van der Waals surface area (Å²) in [6.45, 7) is 6.35. The summed E-state index contributed by atoms with van der Waals surface area (Å²) in [5.74, 6) is 0. The van der Waals surface area contributed by atoms with Crippen molar-refractivity contribution in [1.82, 2.24) is 0 Å². The Balaban J connectivity index is 2.17. The lowest BCUT2D eigenvalue weighted by molar-refractivity contribution is -0.0536. The van der Waals surface area contributed by atoms with Crippen LogP contribution in [-0.2, 0) is 9.47 Å². The molecule has 0 N–H and O–H groups in total. The van der Waals surface area contributed by atoms with Gasteiger partial charge >= 0.3 is 0 Å². The van der Waals surface area contributed by atoms with Crippen LogP contribution in [0.5, 0.6) is 0 Å². The lowest BCUT2D eigenvalue weighted by Crippen LogP contribution is -2.05. The van der Waals surface area contributed by atoms with Gasteiger partial charge in [0.05, 0.1) is 6.61 Å². The van der Waals surface area contributed by atoms with Gasteiger partial charge in [0.15, 0.2) is 6.29 Å². The highest BCUT2D eigenvalue weighted by atomic mass is 16.7. The molecule has 14 heavy (non-hydrogen) atoms. The topological polar surface area (TPSA) is 18.5 Å². The molecule has 1 aliphatic heterocycles. The third-order valence-corrected chi connectivity index (χ3v) is 2.42. The second-order valence-corrected chi connectivity index (χ2v) is 3.43. The molecule has 1 aliphatic rings. The van der Waals surface area contributed by atoms with E-state index in [1.165, 1.54) is 5.56 Å². The number of benzene rings is 1. The Morgan fingerprint density at radius 1 is 1.43 bits per heavy atom. The first-order valence-corrected chi connectivity index (χ1v) is 4.76. The number of ether oxygens (including phenoxy) is 2. The largest absolute Gasteiger partial charge is 0.345 e. The molecule has 0 spiro atoms. The van der Waals surface area contributed by atoms with Crippen LogP contribution in [0, 0.1) is 6.92 Å². The van der Waals surface area contributed by atoms with E-state index in [1.54, 1.807) is 6.08 Å². The fraction of sp³-hybridized carbons (Fsp3) is 0.333. The Morgan fingerprint density at radius 3 is 2.86 bits per heavy atom. The molecule has 1 aromatic rings. The SMILES string of the molecule is C=CC1COC(c2ccccc2C)O1. The van der Waals surface area contributed by atoms with E-state index in [2.05, 4.69) is 19.6 Å². The second-order valence-electron chi connectivity index (χ2n) is 3.43. The van der Waals surface area contributed by atoms with Gasteiger partial charge in [0.1, 0.15) is 6.10 Å². The Kier molecular flexibility index (Phi) is 2.66. The van der Waals surface area contributed by atoms with Crippen molar-refractivity contribution in [1.29, 1.82) is 0 Å². The minimum atomic E-state index is -0.223. The van der Waals surface area contributed by atoms with Crippen LogP contribution in [0.2, 0.25) is 0 Å². The predicted octanol–water partition coefficient (Wildman–Crippen LogP) is 2.60. The summed E-state index contributed by atoms with van der Waals surface area (Å²) in [7, 11) is 0. The molecule has 0 radical (unpaired) electrons. The molecule has 2 rings (SSSR count). The van der Waals surface area contributed by atoms with E-state index in [1.807, 2.05) is 18.2 Å². The van der Waals surface area contributed by atoms with Crippen molar-refractivity contribution in [3.05, 3.63) is 48.0 Å². The summed E-state index contributed by atoms with van der Waals surface area (Å²) >= 11 is 0. The van der Waals surface area contributed by atoms with Crippen molar-refractivity contribution in [3.8, 4) is 0 Å². The molecule has 2 atom stereocenters. The van der Waals surface area contributed by atoms with Gasteiger partial charge in [-0.1, -0.05) is 30.3 Å². The van der Waals surface area contributed by atoms with Gasteiger partial charge < -0.3 is 9.47 Å². The van der Waals surface area contributed by atoms with E-state index in [4.69, 9.17) is 9.47 Å². The highest BCUT2D eigenvalue weighted by molar-refractivity contribution is 5.27. The normalized spacial score (nSPS) is 26.4. The summed E-state index contributed by atoms with van der Waals surface area (Å²) in [4.78, 5) is 0. The molecule has 1 fully saturated rings. The quantitative estimate of drug-likeness (QED) is 0.667. The van der Waals surface area contributed by atoms with Gasteiger partial charge in [-0.05, 0) is 12.5 Å². The van der Waals surface area contributed by atoms with E-state index in [-0.39, 0.29) is 12.4 Å². The van der Waals surface area contributed by atoms with Crippen molar-refractivity contribution in [3.63, 3.8) is 0 Å². The first kappa shape index (κ1) is 9.44. The monoisotopic (exact) mass is 190 g/mol. The molecular formula is C12H14O2. The van der Waals surface area contributed by atoms with E-state index in [9.17, 15) is 0 Å². The first-order valence-electron chi connectivity index (χ1n) is 4.76. The van der Waals surface area contributed by atoms with E-state index in [0.29, 0.717) is 6.61 Å². The van der Waals surface area contributed by atoms with Crippen LogP contribution in [-0.4, -0.2) is 12.7 Å². The zero-order valence-electron chi connectivity index (χ0n) is 8.27. The van der Waals surface area contributed by atoms with Crippen LogP contribution < -0.4 is 0 Å². The average molecular weight is 190 g/mol. The van der Waals surface area contributed by atoms with Gasteiger partial charge in [-0.15, -0.1) is 6.58 Å². The average Bonchev–Trinajstić information content (AvgIpc) is 2.67. The van der Waals surface area contributed by atoms with Crippen LogP contribution in [0.1, 0.15) is 17.4 Å². The molecule has 0 amide bonds. The highest BCUT2D eigenvalue weighted by Gasteiger charge is 2.25. The molecule has 0 aromatic heterocycles. The molecule has 2 heteroatoms. The Morgan fingerprint density at radius 2 is 2.21 bits per heavy atom. The van der Waals surface area contributed by atoms with Crippen molar-refractivity contribution in [2.45, 2.75) is 19.3 Å². The van der Waals surface area contributed by atoms with Gasteiger partial charge in [-0.2, -0.15) is 0 Å². The van der Waals surface area contributed by atoms with E-state index in [0.717, 1.165) is 5.56 Å². The molecule has 2 nitrogen and oxygen atoms in total. The summed E-state index contributed by atoms with van der Waals surface area (Å²) in [5, 5.41) is 0. The molecule has 1 heterocycles. The zero-order valence-corrected chi connectivity index (χ0v) is 8.27. The smallest absolute Gasteiger partial charge is 0.185 e. The van der Waals surface area contributed by atoms with E-state index >= 15 is 0 Å². The number of hydrogen-bond acceptors (Lipinski definition) is 2. The molecule has 1 aromatic carbocycles. The van der Waals surface area contributed by atoms with Gasteiger partial charge in [-0.3, -0.25) is 0 Å². The number of aryl methyl sites for hydroxylation is 1. The molecule has 0 aliphatic carbocycles. The Labute approximate surface area is 84.2 Å². The van der Waals surface area contributed by atoms with Gasteiger partial charge in [-0.25, -0.2) is 0 Å². The summed E-state index contributed by atoms with van der Waals surface area (Å²) in [6.07, 6.45) is 1.58. The number of rotatable bonds is 2. The van der Waals surface area contributed by atoms with Crippen molar-refractivity contribution >= 4 is 0 Å². The second kappa shape index (κ2) is 3.95. The summed E-state index contributed by atoms with van der Waals surface area (Å²) in [6, 6.07) is 8.10. The lowest BCUT2D eigenvalue weighted by atomic mass is 10.1. The third-order valence-electron chi connectivity index (χ3n) is 2.42. The van der Waals surface area contributed by atoms with Crippen LogP contribution in [0.4, 0.5) is 0 Å². The Bertz CT molecular complexity index is 333. The molecule has 0 bridgehead atoms. The molecular weight excluding hydrogens is 176 g/mol. The summed E-state index contributed by atoms with van der Waals surface area (Å²) in [5.41, 5.74) is 2.30. The maximum absolute atomic E-state index is 5.64. The van der Waals surface area contributed by atoms with E-state index < -0.39 is 0 Å². The van der Waals surface area contributed by atoms with Crippen molar-refractivity contribution in [2.75, 3.05) is 6.61 Å². The lowest BCUT2D eigenvalue weighted by Gasteiger charge is -2.12. The fourth-order valence-electron chi connectivity index (χ4n) is 1.56. The first-order chi connectivity index (χ1) is 6.81. The van der Waals surface area contributed by atoms with Gasteiger partial charge in [0.25, 0.3) is 0 Å². The zero-order chi connectivity index (χ0) is 9.97. The van der Waals surface area contributed by atoms with Crippen LogP contribution >= 0.6 is 0 Å². The van der Waals surface area contributed by atoms with Gasteiger partial charge in [0.2, 0.25) is 0 Å². The Hall–Kier alpha value is -1.12. The van der Waals surface area contributed by atoms with Gasteiger partial charge in [0, 0.05) is 5.56 Å². The molecule has 2 unspecified atom stereocenters. The fourth-order valence-corrected chi connectivity index (χ4v) is 1.56. The minimum Gasteiger partial charge on any atom is -0.345 e. The van der Waals surface area contributed by atoms with Crippen LogP contribution in [0.15, 0.2) is 36.9 Å². The molecule has 74 valence electrons. The van der Waals surface area contributed by atoms with Crippen LogP contribution in [0.25, 0.3) is 0 Å². The van der Waals surface area contributed by atoms with Crippen LogP contribution in [0.3, 0.4) is 0 Å². The van der Waals surface area contributed by atoms with Crippen molar-refractivity contribution < 1.29 is 9.47 Å². The summed E-state index contributed by atoms with van der Waals surface area (Å²) < 4.78 is 11.2. The predicted molar refractivity (Wildman–Crippen MR) is 54.9 cm³/mol. The minimum absolute atomic E-state index is 0.0274. The number of hydrogen-bond donors (Lipinski definition) is 0. The van der Waals surface area contributed by atoms with Crippen molar-refractivity contribution in [2.24, 2.45) is 0 Å². The molecule has 1 saturated heterocycles. The maximum atomic E-state index is 5.64. The molecule has 0 saturated carbocycles. The third kappa shape index (κ3) is 1.72. The highest BCUT2D eigenvalue weighted by Crippen LogP contribution is 2.28. The standard InChI is InChI=1S/C12H14O2/c1-3-10-8-13-12(14-10)11-7-5-4-6-9(11)2/h3-7,10,12H,1,8H2,2H3. The maximum Gasteiger partial charge on any atom is 0.185 e.